The fourth-order valence-corrected chi connectivity index (χ4v) is 3.67. The normalized spacial score (nSPS) is 44.6. The minimum Gasteiger partial charge on any atom is -0.326 e. The van der Waals surface area contributed by atoms with Crippen LogP contribution < -0.4 is 5.73 Å². The van der Waals surface area contributed by atoms with Crippen molar-refractivity contribution in [1.29, 1.82) is 0 Å². The Balaban J connectivity index is 2.12. The summed E-state index contributed by atoms with van der Waals surface area (Å²) in [5.41, 5.74) is 7.28. The lowest BCUT2D eigenvalue weighted by atomic mass is 9.86. The number of rotatable bonds is 3. The minimum atomic E-state index is 0.406. The summed E-state index contributed by atoms with van der Waals surface area (Å²) < 4.78 is 0. The van der Waals surface area contributed by atoms with Crippen molar-refractivity contribution in [2.24, 2.45) is 16.6 Å². The largest absolute Gasteiger partial charge is 0.326 e. The highest BCUT2D eigenvalue weighted by Crippen LogP contribution is 2.67. The molecule has 1 saturated carbocycles. The lowest BCUT2D eigenvalue weighted by Gasteiger charge is -2.34. The van der Waals surface area contributed by atoms with Crippen molar-refractivity contribution in [2.75, 3.05) is 13.1 Å². The summed E-state index contributed by atoms with van der Waals surface area (Å²) in [6.07, 6.45) is 3.79. The van der Waals surface area contributed by atoms with E-state index < -0.39 is 0 Å². The maximum absolute atomic E-state index is 6.31. The van der Waals surface area contributed by atoms with Gasteiger partial charge in [-0.2, -0.15) is 0 Å². The first-order valence-corrected chi connectivity index (χ1v) is 6.42. The Morgan fingerprint density at radius 2 is 1.93 bits per heavy atom. The highest BCUT2D eigenvalue weighted by Gasteiger charge is 2.64. The van der Waals surface area contributed by atoms with Crippen molar-refractivity contribution in [2.45, 2.75) is 59.0 Å². The molecule has 2 fully saturated rings. The average molecular weight is 210 g/mol. The Morgan fingerprint density at radius 3 is 2.40 bits per heavy atom. The maximum Gasteiger partial charge on any atom is 0.0306 e. The molecule has 1 aliphatic heterocycles. The van der Waals surface area contributed by atoms with Gasteiger partial charge in [-0.05, 0) is 36.6 Å². The summed E-state index contributed by atoms with van der Waals surface area (Å²) in [6.45, 7) is 11.9. The number of likely N-dealkylation sites (tertiary alicyclic amines) is 1. The smallest absolute Gasteiger partial charge is 0.0306 e. The molecule has 0 bridgehead atoms. The Hall–Kier alpha value is -0.0800. The van der Waals surface area contributed by atoms with Crippen LogP contribution in [-0.4, -0.2) is 30.1 Å². The topological polar surface area (TPSA) is 29.3 Å². The summed E-state index contributed by atoms with van der Waals surface area (Å²) >= 11 is 0. The van der Waals surface area contributed by atoms with E-state index in [1.165, 1.54) is 32.4 Å². The fraction of sp³-hybridized carbons (Fsp3) is 1.00. The molecule has 3 atom stereocenters. The molecule has 0 spiro atoms. The maximum atomic E-state index is 6.31. The van der Waals surface area contributed by atoms with Crippen LogP contribution in [0.1, 0.15) is 47.0 Å². The van der Waals surface area contributed by atoms with Gasteiger partial charge in [0.05, 0.1) is 0 Å². The third-order valence-corrected chi connectivity index (χ3v) is 4.94. The number of nitrogens with zero attached hydrogens (tertiary/aromatic N) is 1. The molecule has 2 nitrogen and oxygen atoms in total. The van der Waals surface area contributed by atoms with Gasteiger partial charge in [-0.3, -0.25) is 4.90 Å². The second-order valence-corrected chi connectivity index (χ2v) is 6.41. The molecule has 0 amide bonds. The van der Waals surface area contributed by atoms with Crippen molar-refractivity contribution < 1.29 is 0 Å². The minimum absolute atomic E-state index is 0.406. The van der Waals surface area contributed by atoms with Gasteiger partial charge in [-0.25, -0.2) is 0 Å². The molecule has 2 rings (SSSR count). The summed E-state index contributed by atoms with van der Waals surface area (Å²) in [5.74, 6) is 0. The van der Waals surface area contributed by atoms with Crippen LogP contribution in [0.4, 0.5) is 0 Å². The first kappa shape index (κ1) is 11.4. The van der Waals surface area contributed by atoms with Crippen molar-refractivity contribution >= 4 is 0 Å². The lowest BCUT2D eigenvalue weighted by Crippen LogP contribution is -2.46. The SMILES string of the molecule is CCCN1CC[C@H](N)[C@H]1C1(C)CC1(C)C. The zero-order valence-electron chi connectivity index (χ0n) is 10.7. The summed E-state index contributed by atoms with van der Waals surface area (Å²) in [5, 5.41) is 0. The molecule has 1 saturated heterocycles. The molecule has 0 radical (unpaired) electrons. The van der Waals surface area contributed by atoms with Crippen molar-refractivity contribution in [3.8, 4) is 0 Å². The standard InChI is InChI=1S/C13H26N2/c1-5-7-15-8-6-10(14)11(15)13(4)9-12(13,2)3/h10-11H,5-9,14H2,1-4H3/t10-,11-,13?/m0/s1. The molecule has 0 aromatic heterocycles. The van der Waals surface area contributed by atoms with Crippen LogP contribution in [0.15, 0.2) is 0 Å². The molecule has 88 valence electrons. The molecular formula is C13H26N2. The quantitative estimate of drug-likeness (QED) is 0.774. The molecule has 0 aromatic carbocycles. The van der Waals surface area contributed by atoms with Gasteiger partial charge >= 0.3 is 0 Å². The van der Waals surface area contributed by atoms with E-state index >= 15 is 0 Å². The zero-order chi connectivity index (χ0) is 11.3. The summed E-state index contributed by atoms with van der Waals surface area (Å²) in [6, 6.07) is 1.04. The predicted octanol–water partition coefficient (Wildman–Crippen LogP) is 2.23. The zero-order valence-corrected chi connectivity index (χ0v) is 10.7. The van der Waals surface area contributed by atoms with E-state index in [9.17, 15) is 0 Å². The highest BCUT2D eigenvalue weighted by molar-refractivity contribution is 5.16. The van der Waals surface area contributed by atoms with Gasteiger partial charge in [-0.1, -0.05) is 27.7 Å². The molecule has 1 heterocycles. The second-order valence-electron chi connectivity index (χ2n) is 6.41. The summed E-state index contributed by atoms with van der Waals surface area (Å²) in [7, 11) is 0. The van der Waals surface area contributed by atoms with Crippen LogP contribution in [0.3, 0.4) is 0 Å². The Bertz CT molecular complexity index is 247. The Morgan fingerprint density at radius 1 is 1.33 bits per heavy atom. The Kier molecular flexibility index (Phi) is 2.63. The van der Waals surface area contributed by atoms with Gasteiger partial charge in [0.2, 0.25) is 0 Å². The fourth-order valence-electron chi connectivity index (χ4n) is 3.67. The number of nitrogens with two attached hydrogens (primary N) is 1. The molecule has 0 aromatic rings. The van der Waals surface area contributed by atoms with Gasteiger partial charge < -0.3 is 5.73 Å². The van der Waals surface area contributed by atoms with E-state index in [-0.39, 0.29) is 0 Å². The van der Waals surface area contributed by atoms with Crippen LogP contribution >= 0.6 is 0 Å². The van der Waals surface area contributed by atoms with Crippen LogP contribution in [0.25, 0.3) is 0 Å². The van der Waals surface area contributed by atoms with E-state index in [0.29, 0.717) is 22.9 Å². The highest BCUT2D eigenvalue weighted by atomic mass is 15.2. The van der Waals surface area contributed by atoms with E-state index in [0.717, 1.165) is 0 Å². The van der Waals surface area contributed by atoms with Crippen molar-refractivity contribution in [3.63, 3.8) is 0 Å². The van der Waals surface area contributed by atoms with Crippen molar-refractivity contribution in [1.82, 2.24) is 4.90 Å². The van der Waals surface area contributed by atoms with E-state index in [1.807, 2.05) is 0 Å². The molecule has 1 aliphatic carbocycles. The number of hydrogen-bond donors (Lipinski definition) is 1. The predicted molar refractivity (Wildman–Crippen MR) is 64.7 cm³/mol. The van der Waals surface area contributed by atoms with Gasteiger partial charge in [0.15, 0.2) is 0 Å². The molecule has 1 unspecified atom stereocenters. The van der Waals surface area contributed by atoms with Crippen LogP contribution in [0.5, 0.6) is 0 Å². The third kappa shape index (κ3) is 1.62. The van der Waals surface area contributed by atoms with Crippen molar-refractivity contribution in [3.05, 3.63) is 0 Å². The monoisotopic (exact) mass is 210 g/mol. The molecule has 2 heteroatoms. The first-order valence-electron chi connectivity index (χ1n) is 6.42. The Labute approximate surface area is 94.2 Å². The average Bonchev–Trinajstić information content (AvgIpc) is 2.49. The molecular weight excluding hydrogens is 184 g/mol. The number of hydrogen-bond acceptors (Lipinski definition) is 2. The second kappa shape index (κ2) is 3.46. The van der Waals surface area contributed by atoms with Crippen LogP contribution in [0, 0.1) is 10.8 Å². The first-order chi connectivity index (χ1) is 6.92. The third-order valence-electron chi connectivity index (χ3n) is 4.94. The lowest BCUT2D eigenvalue weighted by molar-refractivity contribution is 0.149. The van der Waals surface area contributed by atoms with E-state index in [1.54, 1.807) is 0 Å². The van der Waals surface area contributed by atoms with Gasteiger partial charge in [0.25, 0.3) is 0 Å². The van der Waals surface area contributed by atoms with E-state index in [2.05, 4.69) is 32.6 Å². The molecule has 15 heavy (non-hydrogen) atoms. The molecule has 2 aliphatic rings. The summed E-state index contributed by atoms with van der Waals surface area (Å²) in [4.78, 5) is 2.64. The van der Waals surface area contributed by atoms with Gasteiger partial charge in [0.1, 0.15) is 0 Å². The van der Waals surface area contributed by atoms with Crippen LogP contribution in [0.2, 0.25) is 0 Å². The van der Waals surface area contributed by atoms with Gasteiger partial charge in [-0.15, -0.1) is 0 Å². The van der Waals surface area contributed by atoms with Gasteiger partial charge in [0, 0.05) is 18.6 Å². The van der Waals surface area contributed by atoms with E-state index in [4.69, 9.17) is 5.73 Å². The molecule has 2 N–H and O–H groups in total. The van der Waals surface area contributed by atoms with Crippen LogP contribution in [-0.2, 0) is 0 Å².